The lowest BCUT2D eigenvalue weighted by atomic mass is 9.93. The van der Waals surface area contributed by atoms with E-state index in [4.69, 9.17) is 4.42 Å². The maximum atomic E-state index is 13.2. The van der Waals surface area contributed by atoms with Crippen LogP contribution < -0.4 is 5.32 Å². The molecule has 0 spiro atoms. The topological polar surface area (TPSA) is 77.1 Å². The third-order valence-electron chi connectivity index (χ3n) is 5.00. The SMILES string of the molecule is Cc1oc2c(c1C(=O)N[C@@H](c1ccccc1)c1nccn1C)C(=O)CCC2. The highest BCUT2D eigenvalue weighted by Crippen LogP contribution is 2.30. The monoisotopic (exact) mass is 363 g/mol. The van der Waals surface area contributed by atoms with Gasteiger partial charge in [-0.2, -0.15) is 0 Å². The van der Waals surface area contributed by atoms with Gasteiger partial charge in [-0.25, -0.2) is 4.98 Å². The Morgan fingerprint density at radius 2 is 2.04 bits per heavy atom. The van der Waals surface area contributed by atoms with Crippen LogP contribution in [0.4, 0.5) is 0 Å². The van der Waals surface area contributed by atoms with Crippen LogP contribution in [0.2, 0.25) is 0 Å². The second-order valence-corrected chi connectivity index (χ2v) is 6.82. The Balaban J connectivity index is 1.73. The number of hydrogen-bond donors (Lipinski definition) is 1. The van der Waals surface area contributed by atoms with E-state index in [1.54, 1.807) is 13.1 Å². The minimum Gasteiger partial charge on any atom is -0.465 e. The zero-order valence-electron chi connectivity index (χ0n) is 15.4. The van der Waals surface area contributed by atoms with Crippen LogP contribution in [0.25, 0.3) is 0 Å². The van der Waals surface area contributed by atoms with E-state index in [2.05, 4.69) is 10.3 Å². The molecule has 1 aromatic carbocycles. The normalized spacial score (nSPS) is 14.7. The average Bonchev–Trinajstić information content (AvgIpc) is 3.23. The summed E-state index contributed by atoms with van der Waals surface area (Å²) in [5.74, 6) is 1.49. The number of hydrogen-bond acceptors (Lipinski definition) is 4. The second kappa shape index (κ2) is 6.87. The van der Waals surface area contributed by atoms with Crippen molar-refractivity contribution in [3.05, 3.63) is 76.8 Å². The summed E-state index contributed by atoms with van der Waals surface area (Å²) < 4.78 is 7.60. The number of benzene rings is 1. The number of ketones is 1. The van der Waals surface area contributed by atoms with Crippen molar-refractivity contribution in [3.63, 3.8) is 0 Å². The number of furan rings is 1. The summed E-state index contributed by atoms with van der Waals surface area (Å²) in [7, 11) is 1.89. The summed E-state index contributed by atoms with van der Waals surface area (Å²) in [6.07, 6.45) is 5.45. The summed E-state index contributed by atoms with van der Waals surface area (Å²) in [5, 5.41) is 3.06. The number of amides is 1. The molecule has 0 fully saturated rings. The molecular weight excluding hydrogens is 342 g/mol. The number of aryl methyl sites for hydroxylation is 3. The Hall–Kier alpha value is -3.15. The molecule has 0 bridgehead atoms. The molecule has 0 unspecified atom stereocenters. The number of fused-ring (bicyclic) bond motifs is 1. The molecule has 0 aliphatic heterocycles. The number of carbonyl (C=O) groups is 2. The molecule has 27 heavy (non-hydrogen) atoms. The third-order valence-corrected chi connectivity index (χ3v) is 5.00. The highest BCUT2D eigenvalue weighted by molar-refractivity contribution is 6.10. The van der Waals surface area contributed by atoms with Crippen LogP contribution in [-0.2, 0) is 13.5 Å². The van der Waals surface area contributed by atoms with Crippen LogP contribution in [0.5, 0.6) is 0 Å². The molecule has 0 saturated carbocycles. The van der Waals surface area contributed by atoms with Gasteiger partial charge in [0.2, 0.25) is 0 Å². The van der Waals surface area contributed by atoms with E-state index < -0.39 is 6.04 Å². The average molecular weight is 363 g/mol. The van der Waals surface area contributed by atoms with Gasteiger partial charge >= 0.3 is 0 Å². The number of rotatable bonds is 4. The van der Waals surface area contributed by atoms with Crippen LogP contribution in [0, 0.1) is 6.92 Å². The van der Waals surface area contributed by atoms with Crippen molar-refractivity contribution < 1.29 is 14.0 Å². The molecule has 1 aliphatic rings. The highest BCUT2D eigenvalue weighted by Gasteiger charge is 2.32. The molecule has 138 valence electrons. The number of nitrogens with zero attached hydrogens (tertiary/aromatic N) is 2. The van der Waals surface area contributed by atoms with Crippen LogP contribution in [0.1, 0.15) is 62.5 Å². The van der Waals surface area contributed by atoms with E-state index >= 15 is 0 Å². The van der Waals surface area contributed by atoms with Crippen molar-refractivity contribution in [1.82, 2.24) is 14.9 Å². The van der Waals surface area contributed by atoms with Crippen LogP contribution in [0.3, 0.4) is 0 Å². The predicted molar refractivity (Wildman–Crippen MR) is 99.7 cm³/mol. The van der Waals surface area contributed by atoms with Gasteiger partial charge in [0.25, 0.3) is 5.91 Å². The van der Waals surface area contributed by atoms with E-state index in [1.165, 1.54) is 0 Å². The lowest BCUT2D eigenvalue weighted by Crippen LogP contribution is -2.32. The fraction of sp³-hybridized carbons (Fsp3) is 0.286. The predicted octanol–water partition coefficient (Wildman–Crippen LogP) is 3.36. The summed E-state index contributed by atoms with van der Waals surface area (Å²) in [5.41, 5.74) is 1.72. The van der Waals surface area contributed by atoms with E-state index in [1.807, 2.05) is 48.1 Å². The number of imidazole rings is 1. The fourth-order valence-corrected chi connectivity index (χ4v) is 3.68. The quantitative estimate of drug-likeness (QED) is 0.771. The maximum Gasteiger partial charge on any atom is 0.256 e. The second-order valence-electron chi connectivity index (χ2n) is 6.82. The number of carbonyl (C=O) groups excluding carboxylic acids is 2. The molecule has 1 N–H and O–H groups in total. The van der Waals surface area contributed by atoms with Gasteiger partial charge in [-0.05, 0) is 18.9 Å². The summed E-state index contributed by atoms with van der Waals surface area (Å²) in [6.45, 7) is 1.73. The van der Waals surface area contributed by atoms with Gasteiger partial charge in [0.05, 0.1) is 11.1 Å². The fourth-order valence-electron chi connectivity index (χ4n) is 3.68. The first-order valence-corrected chi connectivity index (χ1v) is 9.04. The Morgan fingerprint density at radius 3 is 2.74 bits per heavy atom. The lowest BCUT2D eigenvalue weighted by Gasteiger charge is -2.19. The zero-order chi connectivity index (χ0) is 19.0. The Morgan fingerprint density at radius 1 is 1.26 bits per heavy atom. The molecule has 2 aromatic heterocycles. The molecule has 1 aliphatic carbocycles. The maximum absolute atomic E-state index is 13.2. The Labute approximate surface area is 157 Å². The van der Waals surface area contributed by atoms with Crippen molar-refractivity contribution in [2.75, 3.05) is 0 Å². The van der Waals surface area contributed by atoms with Gasteiger partial charge in [0, 0.05) is 32.3 Å². The van der Waals surface area contributed by atoms with Crippen molar-refractivity contribution in [1.29, 1.82) is 0 Å². The summed E-state index contributed by atoms with van der Waals surface area (Å²) in [6, 6.07) is 9.24. The zero-order valence-corrected chi connectivity index (χ0v) is 15.4. The molecule has 3 aromatic rings. The molecule has 6 nitrogen and oxygen atoms in total. The van der Waals surface area contributed by atoms with Crippen LogP contribution >= 0.6 is 0 Å². The van der Waals surface area contributed by atoms with E-state index in [0.29, 0.717) is 35.5 Å². The number of aromatic nitrogens is 2. The minimum absolute atomic E-state index is 0.0218. The molecule has 2 heterocycles. The Kier molecular flexibility index (Phi) is 4.39. The molecule has 1 amide bonds. The number of Topliss-reactive ketones (excluding diaryl/α,β-unsaturated/α-hetero) is 1. The van der Waals surface area contributed by atoms with Gasteiger partial charge in [-0.3, -0.25) is 9.59 Å². The molecular formula is C21H21N3O3. The summed E-state index contributed by atoms with van der Waals surface area (Å²) in [4.78, 5) is 30.0. The van der Waals surface area contributed by atoms with Gasteiger partial charge in [0.15, 0.2) is 5.78 Å². The smallest absolute Gasteiger partial charge is 0.256 e. The van der Waals surface area contributed by atoms with Gasteiger partial charge in [0.1, 0.15) is 23.4 Å². The van der Waals surface area contributed by atoms with E-state index in [0.717, 1.165) is 17.8 Å². The molecule has 4 rings (SSSR count). The molecule has 6 heteroatoms. The molecule has 1 atom stereocenters. The molecule has 0 radical (unpaired) electrons. The van der Waals surface area contributed by atoms with Crippen molar-refractivity contribution in [3.8, 4) is 0 Å². The first-order valence-electron chi connectivity index (χ1n) is 9.04. The molecule has 0 saturated heterocycles. The van der Waals surface area contributed by atoms with Crippen LogP contribution in [-0.4, -0.2) is 21.2 Å². The Bertz CT molecular complexity index is 1000. The lowest BCUT2D eigenvalue weighted by molar-refractivity contribution is 0.0919. The highest BCUT2D eigenvalue weighted by atomic mass is 16.3. The van der Waals surface area contributed by atoms with E-state index in [-0.39, 0.29) is 11.7 Å². The van der Waals surface area contributed by atoms with E-state index in [9.17, 15) is 9.59 Å². The standard InChI is InChI=1S/C21H21N3O3/c1-13-17(18-15(25)9-6-10-16(18)27-13)21(26)23-19(14-7-4-3-5-8-14)20-22-11-12-24(20)2/h3-5,7-8,11-12,19H,6,9-10H2,1-2H3,(H,23,26)/t19-/m0/s1. The minimum atomic E-state index is -0.428. The largest absolute Gasteiger partial charge is 0.465 e. The number of nitrogens with one attached hydrogen (secondary N) is 1. The van der Waals surface area contributed by atoms with Gasteiger partial charge in [-0.15, -0.1) is 0 Å². The van der Waals surface area contributed by atoms with Crippen molar-refractivity contribution >= 4 is 11.7 Å². The van der Waals surface area contributed by atoms with Gasteiger partial charge < -0.3 is 14.3 Å². The first-order chi connectivity index (χ1) is 13.1. The third kappa shape index (κ3) is 3.07. The summed E-state index contributed by atoms with van der Waals surface area (Å²) >= 11 is 0. The van der Waals surface area contributed by atoms with Crippen molar-refractivity contribution in [2.24, 2.45) is 7.05 Å². The van der Waals surface area contributed by atoms with Gasteiger partial charge in [-0.1, -0.05) is 30.3 Å². The first kappa shape index (κ1) is 17.3. The van der Waals surface area contributed by atoms with Crippen molar-refractivity contribution in [2.45, 2.75) is 32.2 Å². The van der Waals surface area contributed by atoms with Crippen LogP contribution in [0.15, 0.2) is 47.1 Å².